The smallest absolute Gasteiger partial charge is 0.257 e. The molecule has 2 aromatic heterocycles. The molecule has 6 nitrogen and oxygen atoms in total. The van der Waals surface area contributed by atoms with E-state index in [0.29, 0.717) is 33.8 Å². The topological polar surface area (TPSA) is 64.2 Å². The minimum Gasteiger partial charge on any atom is -0.361 e. The van der Waals surface area contributed by atoms with Crippen LogP contribution in [0.25, 0.3) is 5.69 Å². The zero-order valence-electron chi connectivity index (χ0n) is 14.9. The molecule has 4 rings (SSSR count). The molecule has 0 atom stereocenters. The molecule has 8 heteroatoms. The summed E-state index contributed by atoms with van der Waals surface area (Å²) in [4.78, 5) is 14.7. The van der Waals surface area contributed by atoms with Crippen LogP contribution in [0.2, 0.25) is 10.0 Å². The molecule has 1 fully saturated rings. The average Bonchev–Trinajstić information content (AvgIpc) is 3.24. The Bertz CT molecular complexity index is 1010. The maximum atomic E-state index is 13.1. The number of nitrogens with zero attached hydrogens (tertiary/aromatic N) is 4. The van der Waals surface area contributed by atoms with Crippen LogP contribution in [-0.4, -0.2) is 32.8 Å². The van der Waals surface area contributed by atoms with Gasteiger partial charge in [-0.2, -0.15) is 5.10 Å². The quantitative estimate of drug-likeness (QED) is 0.621. The van der Waals surface area contributed by atoms with Crippen LogP contribution in [-0.2, 0) is 6.54 Å². The van der Waals surface area contributed by atoms with E-state index in [-0.39, 0.29) is 5.91 Å². The van der Waals surface area contributed by atoms with Gasteiger partial charge in [0.25, 0.3) is 5.91 Å². The van der Waals surface area contributed by atoms with Crippen LogP contribution in [0.4, 0.5) is 0 Å². The molecule has 2 heterocycles. The molecule has 1 saturated carbocycles. The lowest BCUT2D eigenvalue weighted by atomic mass is 10.1. The SMILES string of the molecule is Cc1cc(CN(C)C(=O)c2cnn(-c3ccc(Cl)cc3Cl)c2C2CC2)no1. The number of hydrogen-bond acceptors (Lipinski definition) is 4. The summed E-state index contributed by atoms with van der Waals surface area (Å²) in [5, 5.41) is 9.47. The van der Waals surface area contributed by atoms with E-state index in [9.17, 15) is 4.79 Å². The lowest BCUT2D eigenvalue weighted by Crippen LogP contribution is -2.27. The van der Waals surface area contributed by atoms with Gasteiger partial charge in [0.05, 0.1) is 34.7 Å². The Labute approximate surface area is 166 Å². The van der Waals surface area contributed by atoms with Crippen molar-refractivity contribution in [2.45, 2.75) is 32.2 Å². The van der Waals surface area contributed by atoms with Gasteiger partial charge < -0.3 is 9.42 Å². The Kier molecular flexibility index (Phi) is 4.70. The van der Waals surface area contributed by atoms with Crippen molar-refractivity contribution < 1.29 is 9.32 Å². The first-order valence-corrected chi connectivity index (χ1v) is 9.40. The van der Waals surface area contributed by atoms with Crippen molar-refractivity contribution in [3.63, 3.8) is 0 Å². The molecule has 0 radical (unpaired) electrons. The van der Waals surface area contributed by atoms with Crippen molar-refractivity contribution >= 4 is 29.1 Å². The molecule has 27 heavy (non-hydrogen) atoms. The highest BCUT2D eigenvalue weighted by Crippen LogP contribution is 2.43. The molecule has 0 aliphatic heterocycles. The number of aryl methyl sites for hydroxylation is 1. The van der Waals surface area contributed by atoms with Crippen molar-refractivity contribution in [1.29, 1.82) is 0 Å². The van der Waals surface area contributed by atoms with Crippen molar-refractivity contribution in [2.75, 3.05) is 7.05 Å². The van der Waals surface area contributed by atoms with Gasteiger partial charge in [0.1, 0.15) is 11.5 Å². The monoisotopic (exact) mass is 404 g/mol. The number of carbonyl (C=O) groups is 1. The zero-order valence-corrected chi connectivity index (χ0v) is 16.5. The highest BCUT2D eigenvalue weighted by Gasteiger charge is 2.34. The fourth-order valence-corrected chi connectivity index (χ4v) is 3.62. The molecule has 140 valence electrons. The predicted molar refractivity (Wildman–Crippen MR) is 103 cm³/mol. The van der Waals surface area contributed by atoms with Gasteiger partial charge in [-0.15, -0.1) is 0 Å². The van der Waals surface area contributed by atoms with Crippen molar-refractivity contribution in [3.05, 3.63) is 63.2 Å². The third kappa shape index (κ3) is 3.59. The lowest BCUT2D eigenvalue weighted by molar-refractivity contribution is 0.0781. The van der Waals surface area contributed by atoms with Crippen LogP contribution in [0.5, 0.6) is 0 Å². The second-order valence-corrected chi connectivity index (χ2v) is 7.66. The van der Waals surface area contributed by atoms with Crippen LogP contribution in [0.15, 0.2) is 35.0 Å². The Morgan fingerprint density at radius 3 is 2.74 bits per heavy atom. The van der Waals surface area contributed by atoms with Gasteiger partial charge in [-0.25, -0.2) is 4.68 Å². The van der Waals surface area contributed by atoms with Crippen LogP contribution < -0.4 is 0 Å². The molecule has 0 unspecified atom stereocenters. The molecule has 0 spiro atoms. The first-order valence-electron chi connectivity index (χ1n) is 8.65. The number of carbonyl (C=O) groups excluding carboxylic acids is 1. The van der Waals surface area contributed by atoms with Crippen LogP contribution in [0.1, 0.15) is 46.3 Å². The highest BCUT2D eigenvalue weighted by molar-refractivity contribution is 6.35. The van der Waals surface area contributed by atoms with Gasteiger partial charge in [0.2, 0.25) is 0 Å². The molecular formula is C19H18Cl2N4O2. The standard InChI is InChI=1S/C19H18Cl2N4O2/c1-11-7-14(23-27-11)10-24(2)19(26)15-9-22-25(18(15)12-3-4-12)17-6-5-13(20)8-16(17)21/h5-9,12H,3-4,10H2,1-2H3. The summed E-state index contributed by atoms with van der Waals surface area (Å²) < 4.78 is 6.84. The van der Waals surface area contributed by atoms with Gasteiger partial charge in [-0.1, -0.05) is 28.4 Å². The number of amides is 1. The Morgan fingerprint density at radius 1 is 1.33 bits per heavy atom. The number of aromatic nitrogens is 3. The van der Waals surface area contributed by atoms with E-state index in [1.807, 2.05) is 19.1 Å². The minimum absolute atomic E-state index is 0.103. The highest BCUT2D eigenvalue weighted by atomic mass is 35.5. The van der Waals surface area contributed by atoms with Crippen molar-refractivity contribution in [1.82, 2.24) is 19.8 Å². The normalized spacial score (nSPS) is 13.8. The summed E-state index contributed by atoms with van der Waals surface area (Å²) in [6, 6.07) is 7.08. The van der Waals surface area contributed by atoms with E-state index in [1.165, 1.54) is 0 Å². The number of rotatable bonds is 5. The Balaban J connectivity index is 1.67. The minimum atomic E-state index is -0.103. The second-order valence-electron chi connectivity index (χ2n) is 6.82. The Hall–Kier alpha value is -2.31. The molecule has 3 aromatic rings. The van der Waals surface area contributed by atoms with E-state index < -0.39 is 0 Å². The van der Waals surface area contributed by atoms with Gasteiger partial charge in [-0.3, -0.25) is 4.79 Å². The van der Waals surface area contributed by atoms with Crippen LogP contribution >= 0.6 is 23.2 Å². The molecular weight excluding hydrogens is 387 g/mol. The number of hydrogen-bond donors (Lipinski definition) is 0. The van der Waals surface area contributed by atoms with E-state index in [0.717, 1.165) is 30.0 Å². The number of benzene rings is 1. The fourth-order valence-electron chi connectivity index (χ4n) is 3.13. The van der Waals surface area contributed by atoms with E-state index in [1.54, 1.807) is 35.0 Å². The molecule has 1 aromatic carbocycles. The summed E-state index contributed by atoms with van der Waals surface area (Å²) in [6.45, 7) is 2.19. The summed E-state index contributed by atoms with van der Waals surface area (Å²) >= 11 is 12.4. The summed E-state index contributed by atoms with van der Waals surface area (Å²) in [6.07, 6.45) is 3.68. The van der Waals surface area contributed by atoms with Crippen LogP contribution in [0.3, 0.4) is 0 Å². The van der Waals surface area contributed by atoms with Crippen LogP contribution in [0, 0.1) is 6.92 Å². The van der Waals surface area contributed by atoms with Crippen molar-refractivity contribution in [3.8, 4) is 5.69 Å². The summed E-state index contributed by atoms with van der Waals surface area (Å²) in [5.41, 5.74) is 2.92. The third-order valence-corrected chi connectivity index (χ3v) is 5.10. The van der Waals surface area contributed by atoms with Gasteiger partial charge >= 0.3 is 0 Å². The molecule has 1 amide bonds. The fraction of sp³-hybridized carbons (Fsp3) is 0.316. The summed E-state index contributed by atoms with van der Waals surface area (Å²) in [7, 11) is 1.75. The molecule has 0 saturated heterocycles. The van der Waals surface area contributed by atoms with Gasteiger partial charge in [0.15, 0.2) is 0 Å². The van der Waals surface area contributed by atoms with E-state index in [2.05, 4.69) is 10.3 Å². The van der Waals surface area contributed by atoms with E-state index >= 15 is 0 Å². The number of halogens is 2. The predicted octanol–water partition coefficient (Wildman–Crippen LogP) is 4.63. The average molecular weight is 405 g/mol. The first-order chi connectivity index (χ1) is 12.9. The largest absolute Gasteiger partial charge is 0.361 e. The first kappa shape index (κ1) is 18.1. The molecule has 1 aliphatic carbocycles. The maximum absolute atomic E-state index is 13.1. The second kappa shape index (κ2) is 7.02. The van der Waals surface area contributed by atoms with Crippen molar-refractivity contribution in [2.24, 2.45) is 0 Å². The van der Waals surface area contributed by atoms with E-state index in [4.69, 9.17) is 27.7 Å². The molecule has 0 N–H and O–H groups in total. The molecule has 0 bridgehead atoms. The summed E-state index contributed by atoms with van der Waals surface area (Å²) in [5.74, 6) is 0.921. The van der Waals surface area contributed by atoms with Gasteiger partial charge in [-0.05, 0) is 38.0 Å². The Morgan fingerprint density at radius 2 is 2.11 bits per heavy atom. The van der Waals surface area contributed by atoms with Gasteiger partial charge in [0, 0.05) is 24.1 Å². The lowest BCUT2D eigenvalue weighted by Gasteiger charge is -2.16. The maximum Gasteiger partial charge on any atom is 0.257 e. The zero-order chi connectivity index (χ0) is 19.1. The third-order valence-electron chi connectivity index (χ3n) is 4.56. The molecule has 1 aliphatic rings.